The van der Waals surface area contributed by atoms with Gasteiger partial charge in [-0.3, -0.25) is 9.69 Å². The average Bonchev–Trinajstić information content (AvgIpc) is 2.68. The van der Waals surface area contributed by atoms with E-state index in [2.05, 4.69) is 51.2 Å². The van der Waals surface area contributed by atoms with Gasteiger partial charge in [0.05, 0.1) is 5.69 Å². The molecule has 1 aromatic heterocycles. The summed E-state index contributed by atoms with van der Waals surface area (Å²) in [6.45, 7) is 3.32. The molecule has 0 radical (unpaired) electrons. The van der Waals surface area contributed by atoms with Crippen molar-refractivity contribution in [3.05, 3.63) is 87.3 Å². The van der Waals surface area contributed by atoms with Crippen LogP contribution >= 0.6 is 0 Å². The molecule has 0 saturated carbocycles. The summed E-state index contributed by atoms with van der Waals surface area (Å²) in [5, 5.41) is 0. The Morgan fingerprint density at radius 2 is 1.86 bits per heavy atom. The lowest BCUT2D eigenvalue weighted by Crippen LogP contribution is -2.35. The van der Waals surface area contributed by atoms with Crippen molar-refractivity contribution in [1.82, 2.24) is 19.8 Å². The van der Waals surface area contributed by atoms with Crippen LogP contribution in [0.2, 0.25) is 0 Å². The molecule has 144 valence electrons. The van der Waals surface area contributed by atoms with Crippen LogP contribution in [0.25, 0.3) is 11.4 Å². The molecule has 0 bridgehead atoms. The Labute approximate surface area is 165 Å². The predicted molar refractivity (Wildman–Crippen MR) is 112 cm³/mol. The van der Waals surface area contributed by atoms with Crippen LogP contribution in [0.3, 0.4) is 0 Å². The van der Waals surface area contributed by atoms with Gasteiger partial charge in [-0.1, -0.05) is 48.5 Å². The lowest BCUT2D eigenvalue weighted by atomic mass is 10.0. The van der Waals surface area contributed by atoms with Gasteiger partial charge >= 0.3 is 0 Å². The van der Waals surface area contributed by atoms with E-state index >= 15 is 0 Å². The Hall–Kier alpha value is -2.76. The van der Waals surface area contributed by atoms with Crippen LogP contribution in [-0.4, -0.2) is 40.4 Å². The van der Waals surface area contributed by atoms with Crippen molar-refractivity contribution in [2.75, 3.05) is 20.6 Å². The van der Waals surface area contributed by atoms with E-state index in [9.17, 15) is 4.79 Å². The fourth-order valence-corrected chi connectivity index (χ4v) is 3.79. The number of benzene rings is 2. The van der Waals surface area contributed by atoms with E-state index in [4.69, 9.17) is 4.98 Å². The molecule has 0 fully saturated rings. The zero-order chi connectivity index (χ0) is 19.5. The summed E-state index contributed by atoms with van der Waals surface area (Å²) in [5.74, 6) is 0.658. The minimum atomic E-state index is -0.00243. The van der Waals surface area contributed by atoms with E-state index in [1.54, 1.807) is 0 Å². The van der Waals surface area contributed by atoms with Gasteiger partial charge in [-0.25, -0.2) is 4.98 Å². The molecule has 5 nitrogen and oxygen atoms in total. The maximum Gasteiger partial charge on any atom is 0.254 e. The van der Waals surface area contributed by atoms with Crippen molar-refractivity contribution < 1.29 is 0 Å². The van der Waals surface area contributed by atoms with Gasteiger partial charge in [0.25, 0.3) is 5.56 Å². The van der Waals surface area contributed by atoms with Gasteiger partial charge in [0.2, 0.25) is 0 Å². The molecule has 1 aliphatic rings. The molecule has 2 aromatic carbocycles. The van der Waals surface area contributed by atoms with Gasteiger partial charge in [-0.2, -0.15) is 0 Å². The zero-order valence-electron chi connectivity index (χ0n) is 16.5. The fourth-order valence-electron chi connectivity index (χ4n) is 3.79. The molecule has 0 atom stereocenters. The van der Waals surface area contributed by atoms with E-state index in [-0.39, 0.29) is 5.56 Å². The highest BCUT2D eigenvalue weighted by Gasteiger charge is 2.21. The normalized spacial score (nSPS) is 14.2. The third-order valence-electron chi connectivity index (χ3n) is 5.10. The SMILES string of the molecule is CN(C)Cc1cccc(-c2nc3c(c(=O)[nH]2)CCN(Cc2ccccc2)C3)c1. The first-order valence-electron chi connectivity index (χ1n) is 9.71. The van der Waals surface area contributed by atoms with Crippen molar-refractivity contribution in [3.8, 4) is 11.4 Å². The minimum absolute atomic E-state index is 0.00243. The van der Waals surface area contributed by atoms with E-state index < -0.39 is 0 Å². The van der Waals surface area contributed by atoms with Crippen LogP contribution in [0, 0.1) is 0 Å². The summed E-state index contributed by atoms with van der Waals surface area (Å²) < 4.78 is 0. The quantitative estimate of drug-likeness (QED) is 0.746. The third-order valence-corrected chi connectivity index (χ3v) is 5.10. The minimum Gasteiger partial charge on any atom is -0.306 e. The first-order chi connectivity index (χ1) is 13.6. The highest BCUT2D eigenvalue weighted by Crippen LogP contribution is 2.21. The van der Waals surface area contributed by atoms with Crippen molar-refractivity contribution in [3.63, 3.8) is 0 Å². The molecular formula is C23H26N4O. The Morgan fingerprint density at radius 3 is 2.64 bits per heavy atom. The number of rotatable bonds is 5. The fraction of sp³-hybridized carbons (Fsp3) is 0.304. The number of hydrogen-bond acceptors (Lipinski definition) is 4. The van der Waals surface area contributed by atoms with E-state index in [1.807, 2.05) is 32.3 Å². The molecule has 0 amide bonds. The molecular weight excluding hydrogens is 348 g/mol. The second-order valence-corrected chi connectivity index (χ2v) is 7.72. The van der Waals surface area contributed by atoms with Gasteiger partial charge in [0, 0.05) is 37.3 Å². The summed E-state index contributed by atoms with van der Waals surface area (Å²) in [7, 11) is 4.10. The van der Waals surface area contributed by atoms with Crippen LogP contribution in [0.15, 0.2) is 59.4 Å². The van der Waals surface area contributed by atoms with Crippen LogP contribution in [0.1, 0.15) is 22.4 Å². The lowest BCUT2D eigenvalue weighted by molar-refractivity contribution is 0.240. The van der Waals surface area contributed by atoms with Crippen LogP contribution in [0.5, 0.6) is 0 Å². The van der Waals surface area contributed by atoms with Gasteiger partial charge in [-0.05, 0) is 37.7 Å². The van der Waals surface area contributed by atoms with Crippen molar-refractivity contribution >= 4 is 0 Å². The Bertz CT molecular complexity index is 1010. The number of aromatic nitrogens is 2. The molecule has 0 spiro atoms. The Morgan fingerprint density at radius 1 is 1.07 bits per heavy atom. The largest absolute Gasteiger partial charge is 0.306 e. The number of fused-ring (bicyclic) bond motifs is 1. The molecule has 1 N–H and O–H groups in total. The average molecular weight is 374 g/mol. The van der Waals surface area contributed by atoms with E-state index in [0.717, 1.165) is 42.9 Å². The molecule has 28 heavy (non-hydrogen) atoms. The highest BCUT2D eigenvalue weighted by atomic mass is 16.1. The monoisotopic (exact) mass is 374 g/mol. The van der Waals surface area contributed by atoms with Gasteiger partial charge < -0.3 is 9.88 Å². The topological polar surface area (TPSA) is 52.2 Å². The van der Waals surface area contributed by atoms with Gasteiger partial charge in [0.1, 0.15) is 5.82 Å². The van der Waals surface area contributed by atoms with Crippen molar-refractivity contribution in [2.45, 2.75) is 26.1 Å². The summed E-state index contributed by atoms with van der Waals surface area (Å²) in [5.41, 5.74) is 5.18. The standard InChI is InChI=1S/C23H26N4O/c1-26(2)14-18-9-6-10-19(13-18)22-24-21-16-27(12-11-20(21)23(28)25-22)15-17-7-4-3-5-8-17/h3-10,13H,11-12,14-16H2,1-2H3,(H,24,25,28). The first-order valence-corrected chi connectivity index (χ1v) is 9.71. The van der Waals surface area contributed by atoms with Gasteiger partial charge in [0.15, 0.2) is 0 Å². The smallest absolute Gasteiger partial charge is 0.254 e. The highest BCUT2D eigenvalue weighted by molar-refractivity contribution is 5.56. The third kappa shape index (κ3) is 4.21. The number of H-pyrrole nitrogens is 1. The maximum absolute atomic E-state index is 12.7. The lowest BCUT2D eigenvalue weighted by Gasteiger charge is -2.27. The number of nitrogens with zero attached hydrogens (tertiary/aromatic N) is 3. The Kier molecular flexibility index (Phi) is 5.37. The second kappa shape index (κ2) is 8.09. The summed E-state index contributed by atoms with van der Waals surface area (Å²) in [6.07, 6.45) is 0.742. The van der Waals surface area contributed by atoms with Gasteiger partial charge in [-0.15, -0.1) is 0 Å². The summed E-state index contributed by atoms with van der Waals surface area (Å²) in [4.78, 5) is 25.0. The molecule has 2 heterocycles. The first kappa shape index (κ1) is 18.6. The number of aromatic amines is 1. The molecule has 0 unspecified atom stereocenters. The molecule has 3 aromatic rings. The second-order valence-electron chi connectivity index (χ2n) is 7.72. The van der Waals surface area contributed by atoms with Crippen molar-refractivity contribution in [1.29, 1.82) is 0 Å². The Balaban J connectivity index is 1.60. The number of hydrogen-bond donors (Lipinski definition) is 1. The zero-order valence-corrected chi connectivity index (χ0v) is 16.5. The van der Waals surface area contributed by atoms with Crippen LogP contribution in [0.4, 0.5) is 0 Å². The number of nitrogens with one attached hydrogen (secondary N) is 1. The summed E-state index contributed by atoms with van der Waals surface area (Å²) >= 11 is 0. The predicted octanol–water partition coefficient (Wildman–Crippen LogP) is 3.06. The maximum atomic E-state index is 12.7. The van der Waals surface area contributed by atoms with Crippen LogP contribution in [-0.2, 0) is 26.1 Å². The molecule has 4 rings (SSSR count). The molecule has 0 saturated heterocycles. The van der Waals surface area contributed by atoms with E-state index in [0.29, 0.717) is 12.4 Å². The van der Waals surface area contributed by atoms with Crippen LogP contribution < -0.4 is 5.56 Å². The van der Waals surface area contributed by atoms with E-state index in [1.165, 1.54) is 11.1 Å². The molecule has 0 aliphatic carbocycles. The molecule has 5 heteroatoms. The van der Waals surface area contributed by atoms with Crippen molar-refractivity contribution in [2.24, 2.45) is 0 Å². The summed E-state index contributed by atoms with van der Waals surface area (Å²) in [6, 6.07) is 18.7. The molecule has 1 aliphatic heterocycles.